The van der Waals surface area contributed by atoms with Crippen LogP contribution >= 0.6 is 0 Å². The van der Waals surface area contributed by atoms with Crippen molar-refractivity contribution in [1.29, 1.82) is 0 Å². The van der Waals surface area contributed by atoms with Crippen molar-refractivity contribution in [1.82, 2.24) is 14.7 Å². The molecule has 7 nitrogen and oxygen atoms in total. The van der Waals surface area contributed by atoms with Crippen LogP contribution in [0.15, 0.2) is 36.5 Å². The molecule has 1 saturated carbocycles. The fourth-order valence-corrected chi connectivity index (χ4v) is 3.82. The lowest BCUT2D eigenvalue weighted by molar-refractivity contribution is -0.137. The van der Waals surface area contributed by atoms with E-state index in [1.165, 1.54) is 0 Å². The zero-order valence-corrected chi connectivity index (χ0v) is 16.4. The number of aromatic nitrogens is 2. The highest BCUT2D eigenvalue weighted by atomic mass is 16.5. The molecule has 1 aliphatic heterocycles. The molecule has 2 aliphatic rings. The van der Waals surface area contributed by atoms with Crippen molar-refractivity contribution in [2.24, 2.45) is 5.41 Å². The third kappa shape index (κ3) is 3.48. The fourth-order valence-electron chi connectivity index (χ4n) is 3.82. The number of likely N-dealkylation sites (tertiary alicyclic amines) is 1. The number of anilines is 1. The maximum Gasteiger partial charge on any atom is 0.260 e. The van der Waals surface area contributed by atoms with Crippen molar-refractivity contribution in [2.45, 2.75) is 38.6 Å². The van der Waals surface area contributed by atoms with Crippen LogP contribution in [0.4, 0.5) is 5.82 Å². The van der Waals surface area contributed by atoms with Gasteiger partial charge in [-0.3, -0.25) is 9.59 Å². The van der Waals surface area contributed by atoms with Crippen LogP contribution in [0.1, 0.15) is 49.0 Å². The topological polar surface area (TPSA) is 76.5 Å². The molecule has 148 valence electrons. The van der Waals surface area contributed by atoms with Gasteiger partial charge in [0.05, 0.1) is 24.9 Å². The van der Waals surface area contributed by atoms with E-state index in [1.54, 1.807) is 31.5 Å². The van der Waals surface area contributed by atoms with E-state index in [2.05, 4.69) is 17.3 Å². The molecule has 0 radical (unpaired) electrons. The average Bonchev–Trinajstić information content (AvgIpc) is 3.32. The summed E-state index contributed by atoms with van der Waals surface area (Å²) in [7, 11) is 1.55. The van der Waals surface area contributed by atoms with Gasteiger partial charge in [0.1, 0.15) is 11.6 Å². The van der Waals surface area contributed by atoms with Crippen LogP contribution in [-0.4, -0.2) is 46.7 Å². The number of amides is 2. The molecule has 1 aromatic carbocycles. The Balaban J connectivity index is 1.42. The summed E-state index contributed by atoms with van der Waals surface area (Å²) in [5.74, 6) is 1.26. The number of nitrogens with one attached hydrogen (secondary N) is 1. The minimum atomic E-state index is -0.228. The Bertz CT molecular complexity index is 879. The van der Waals surface area contributed by atoms with Gasteiger partial charge in [0.25, 0.3) is 5.91 Å². The molecule has 1 aliphatic carbocycles. The van der Waals surface area contributed by atoms with Crippen LogP contribution in [0.25, 0.3) is 0 Å². The molecule has 1 N–H and O–H groups in total. The number of carbonyl (C=O) groups is 2. The Morgan fingerprint density at radius 3 is 2.57 bits per heavy atom. The second-order valence-electron chi connectivity index (χ2n) is 7.90. The molecule has 2 heterocycles. The summed E-state index contributed by atoms with van der Waals surface area (Å²) in [5, 5.41) is 7.38. The van der Waals surface area contributed by atoms with E-state index in [4.69, 9.17) is 4.74 Å². The number of methoxy groups -OCH3 is 1. The van der Waals surface area contributed by atoms with Gasteiger partial charge in [-0.1, -0.05) is 19.1 Å². The van der Waals surface area contributed by atoms with Gasteiger partial charge >= 0.3 is 0 Å². The molecule has 1 saturated heterocycles. The maximum absolute atomic E-state index is 12.7. The highest BCUT2D eigenvalue weighted by Gasteiger charge is 2.47. The molecule has 0 atom stereocenters. The number of ether oxygens (including phenoxy) is 1. The third-order valence-electron chi connectivity index (χ3n) is 5.88. The first-order valence-corrected chi connectivity index (χ1v) is 9.79. The predicted molar refractivity (Wildman–Crippen MR) is 105 cm³/mol. The Kier molecular flexibility index (Phi) is 4.83. The number of benzene rings is 1. The number of hydrogen-bond acceptors (Lipinski definition) is 4. The van der Waals surface area contributed by atoms with E-state index in [1.807, 2.05) is 21.7 Å². The van der Waals surface area contributed by atoms with Gasteiger partial charge in [0.2, 0.25) is 5.91 Å². The molecule has 0 unspecified atom stereocenters. The first-order valence-electron chi connectivity index (χ1n) is 9.79. The predicted octanol–water partition coefficient (Wildman–Crippen LogP) is 3.11. The Morgan fingerprint density at radius 1 is 1.18 bits per heavy atom. The number of para-hydroxylation sites is 1. The maximum atomic E-state index is 12.7. The van der Waals surface area contributed by atoms with E-state index in [0.29, 0.717) is 17.1 Å². The van der Waals surface area contributed by atoms with Gasteiger partial charge in [-0.2, -0.15) is 5.10 Å². The van der Waals surface area contributed by atoms with E-state index >= 15 is 0 Å². The van der Waals surface area contributed by atoms with Gasteiger partial charge in [-0.15, -0.1) is 0 Å². The summed E-state index contributed by atoms with van der Waals surface area (Å²) in [6.45, 7) is 3.53. The SMILES string of the molecule is COc1ccccc1C(=O)Nc1ccnn1C1CCN(C(=O)C2(C)CC2)CC1. The van der Waals surface area contributed by atoms with Crippen molar-refractivity contribution in [3.8, 4) is 5.75 Å². The summed E-state index contributed by atoms with van der Waals surface area (Å²) in [4.78, 5) is 27.2. The largest absolute Gasteiger partial charge is 0.496 e. The van der Waals surface area contributed by atoms with Crippen LogP contribution in [0.2, 0.25) is 0 Å². The molecule has 1 aromatic heterocycles. The lowest BCUT2D eigenvalue weighted by atomic mass is 10.0. The molecule has 0 bridgehead atoms. The second-order valence-corrected chi connectivity index (χ2v) is 7.90. The van der Waals surface area contributed by atoms with E-state index in [-0.39, 0.29) is 23.3 Å². The van der Waals surface area contributed by atoms with Crippen LogP contribution < -0.4 is 10.1 Å². The fraction of sp³-hybridized carbons (Fsp3) is 0.476. The highest BCUT2D eigenvalue weighted by molar-refractivity contribution is 6.05. The number of piperidine rings is 1. The van der Waals surface area contributed by atoms with Gasteiger partial charge < -0.3 is 15.0 Å². The summed E-state index contributed by atoms with van der Waals surface area (Å²) >= 11 is 0. The van der Waals surface area contributed by atoms with Crippen LogP contribution in [0, 0.1) is 5.41 Å². The summed E-state index contributed by atoms with van der Waals surface area (Å²) in [5.41, 5.74) is 0.364. The van der Waals surface area contributed by atoms with Crippen molar-refractivity contribution < 1.29 is 14.3 Å². The zero-order chi connectivity index (χ0) is 19.7. The lowest BCUT2D eigenvalue weighted by Crippen LogP contribution is -2.42. The summed E-state index contributed by atoms with van der Waals surface area (Å²) in [6, 6.07) is 9.10. The minimum absolute atomic E-state index is 0.119. The van der Waals surface area contributed by atoms with Crippen molar-refractivity contribution in [3.05, 3.63) is 42.1 Å². The first kappa shape index (κ1) is 18.5. The average molecular weight is 382 g/mol. The molecule has 28 heavy (non-hydrogen) atoms. The molecule has 2 aromatic rings. The van der Waals surface area contributed by atoms with Crippen molar-refractivity contribution in [3.63, 3.8) is 0 Å². The van der Waals surface area contributed by atoms with Crippen LogP contribution in [0.3, 0.4) is 0 Å². The molecule has 2 amide bonds. The molecule has 7 heteroatoms. The Labute approximate surface area is 164 Å². The third-order valence-corrected chi connectivity index (χ3v) is 5.88. The van der Waals surface area contributed by atoms with Crippen LogP contribution in [0.5, 0.6) is 5.75 Å². The smallest absolute Gasteiger partial charge is 0.260 e. The molecule has 2 fully saturated rings. The zero-order valence-electron chi connectivity index (χ0n) is 16.4. The normalized spacial score (nSPS) is 18.6. The summed E-state index contributed by atoms with van der Waals surface area (Å²) in [6.07, 6.45) is 5.37. The number of hydrogen-bond donors (Lipinski definition) is 1. The molecular weight excluding hydrogens is 356 g/mol. The molecule has 0 spiro atoms. The van der Waals surface area contributed by atoms with Crippen molar-refractivity contribution in [2.75, 3.05) is 25.5 Å². The second kappa shape index (κ2) is 7.30. The molecule has 4 rings (SSSR count). The summed E-state index contributed by atoms with van der Waals surface area (Å²) < 4.78 is 7.15. The molecular formula is C21H26N4O3. The minimum Gasteiger partial charge on any atom is -0.496 e. The quantitative estimate of drug-likeness (QED) is 0.862. The van der Waals surface area contributed by atoms with E-state index in [9.17, 15) is 9.59 Å². The first-order chi connectivity index (χ1) is 13.5. The number of nitrogens with zero attached hydrogens (tertiary/aromatic N) is 3. The Morgan fingerprint density at radius 2 is 1.89 bits per heavy atom. The van der Waals surface area contributed by atoms with Crippen molar-refractivity contribution >= 4 is 17.6 Å². The standard InChI is InChI=1S/C21H26N4O3/c1-21(10-11-21)20(27)24-13-8-15(9-14-24)25-18(7-12-22-25)23-19(26)16-5-3-4-6-17(16)28-2/h3-7,12,15H,8-11,13-14H2,1-2H3,(H,23,26). The highest BCUT2D eigenvalue weighted by Crippen LogP contribution is 2.47. The lowest BCUT2D eigenvalue weighted by Gasteiger charge is -2.34. The van der Waals surface area contributed by atoms with Gasteiger partial charge in [0, 0.05) is 24.6 Å². The van der Waals surface area contributed by atoms with Gasteiger partial charge in [-0.05, 0) is 37.8 Å². The van der Waals surface area contributed by atoms with Gasteiger partial charge in [-0.25, -0.2) is 4.68 Å². The van der Waals surface area contributed by atoms with E-state index < -0.39 is 0 Å². The van der Waals surface area contributed by atoms with Gasteiger partial charge in [0.15, 0.2) is 0 Å². The van der Waals surface area contributed by atoms with E-state index in [0.717, 1.165) is 38.8 Å². The number of rotatable bonds is 5. The monoisotopic (exact) mass is 382 g/mol. The Hall–Kier alpha value is -2.83. The van der Waals surface area contributed by atoms with Crippen LogP contribution in [-0.2, 0) is 4.79 Å². The number of carbonyl (C=O) groups excluding carboxylic acids is 2.